The molecule has 0 aliphatic heterocycles. The van der Waals surface area contributed by atoms with Crippen LogP contribution in [0.3, 0.4) is 0 Å². The molecule has 1 unspecified atom stereocenters. The van der Waals surface area contributed by atoms with Gasteiger partial charge in [0, 0.05) is 11.3 Å². The van der Waals surface area contributed by atoms with Gasteiger partial charge in [-0.2, -0.15) is 0 Å². The Balaban J connectivity index is 2.64. The fourth-order valence-electron chi connectivity index (χ4n) is 0.941. The molecule has 1 aromatic rings. The normalized spacial score (nSPS) is 12.9. The maximum Gasteiger partial charge on any atom is 0.217 e. The number of nitrogens with zero attached hydrogens (tertiary/aromatic N) is 2. The average molecular weight is 226 g/mol. The van der Waals surface area contributed by atoms with Crippen LogP contribution in [0.25, 0.3) is 0 Å². The second kappa shape index (κ2) is 5.95. The molecule has 0 aliphatic rings. The molecule has 1 atom stereocenters. The largest absolute Gasteiger partial charge is 0.478 e. The van der Waals surface area contributed by atoms with Crippen molar-refractivity contribution < 1.29 is 4.74 Å². The van der Waals surface area contributed by atoms with Crippen molar-refractivity contribution in [2.75, 3.05) is 6.61 Å². The Morgan fingerprint density at radius 2 is 2.07 bits per heavy atom. The van der Waals surface area contributed by atoms with E-state index in [0.717, 1.165) is 5.03 Å². The molecule has 1 heterocycles. The smallest absolute Gasteiger partial charge is 0.217 e. The second-order valence-corrected chi connectivity index (χ2v) is 5.09. The third-order valence-electron chi connectivity index (χ3n) is 2.15. The molecule has 0 fully saturated rings. The molecule has 1 aromatic heterocycles. The van der Waals surface area contributed by atoms with E-state index in [2.05, 4.69) is 30.7 Å². The number of hydrogen-bond donors (Lipinski definition) is 0. The first-order valence-electron chi connectivity index (χ1n) is 5.25. The summed E-state index contributed by atoms with van der Waals surface area (Å²) in [7, 11) is 0. The summed E-state index contributed by atoms with van der Waals surface area (Å²) in [5, 5.41) is 1.53. The van der Waals surface area contributed by atoms with Crippen molar-refractivity contribution in [3.05, 3.63) is 12.4 Å². The Morgan fingerprint density at radius 3 is 2.67 bits per heavy atom. The maximum absolute atomic E-state index is 5.32. The van der Waals surface area contributed by atoms with Crippen LogP contribution in [-0.2, 0) is 0 Å². The SMILES string of the molecule is CCOc1cc(SC(C)C(C)C)ncn1. The van der Waals surface area contributed by atoms with Gasteiger partial charge in [-0.1, -0.05) is 20.8 Å². The molecule has 0 radical (unpaired) electrons. The molecule has 15 heavy (non-hydrogen) atoms. The van der Waals surface area contributed by atoms with Crippen LogP contribution in [0.5, 0.6) is 5.88 Å². The van der Waals surface area contributed by atoms with Crippen LogP contribution in [0.15, 0.2) is 17.4 Å². The molecule has 0 amide bonds. The predicted molar refractivity (Wildman–Crippen MR) is 63.4 cm³/mol. The van der Waals surface area contributed by atoms with Gasteiger partial charge in [-0.3, -0.25) is 0 Å². The monoisotopic (exact) mass is 226 g/mol. The lowest BCUT2D eigenvalue weighted by molar-refractivity contribution is 0.324. The molecule has 0 N–H and O–H groups in total. The fraction of sp³-hybridized carbons (Fsp3) is 0.636. The van der Waals surface area contributed by atoms with E-state index in [9.17, 15) is 0 Å². The maximum atomic E-state index is 5.32. The first kappa shape index (κ1) is 12.3. The van der Waals surface area contributed by atoms with E-state index in [-0.39, 0.29) is 0 Å². The van der Waals surface area contributed by atoms with E-state index in [1.807, 2.05) is 13.0 Å². The van der Waals surface area contributed by atoms with E-state index < -0.39 is 0 Å². The Morgan fingerprint density at radius 1 is 1.33 bits per heavy atom. The van der Waals surface area contributed by atoms with Gasteiger partial charge in [-0.25, -0.2) is 9.97 Å². The lowest BCUT2D eigenvalue weighted by Crippen LogP contribution is -2.06. The van der Waals surface area contributed by atoms with Gasteiger partial charge in [0.2, 0.25) is 5.88 Å². The van der Waals surface area contributed by atoms with Gasteiger partial charge in [0.15, 0.2) is 0 Å². The minimum Gasteiger partial charge on any atom is -0.478 e. The summed E-state index contributed by atoms with van der Waals surface area (Å²) in [6.45, 7) is 9.22. The highest BCUT2D eigenvalue weighted by Gasteiger charge is 2.10. The molecular weight excluding hydrogens is 208 g/mol. The van der Waals surface area contributed by atoms with Crippen LogP contribution >= 0.6 is 11.8 Å². The minimum atomic E-state index is 0.550. The highest BCUT2D eigenvalue weighted by atomic mass is 32.2. The zero-order valence-corrected chi connectivity index (χ0v) is 10.5. The summed E-state index contributed by atoms with van der Waals surface area (Å²) in [6.07, 6.45) is 1.56. The van der Waals surface area contributed by atoms with Crippen LogP contribution in [0.2, 0.25) is 0 Å². The van der Waals surface area contributed by atoms with Gasteiger partial charge >= 0.3 is 0 Å². The van der Waals surface area contributed by atoms with Crippen LogP contribution in [0.1, 0.15) is 27.7 Å². The van der Waals surface area contributed by atoms with E-state index >= 15 is 0 Å². The van der Waals surface area contributed by atoms with Gasteiger partial charge in [0.05, 0.1) is 6.61 Å². The minimum absolute atomic E-state index is 0.550. The van der Waals surface area contributed by atoms with Crippen LogP contribution in [0, 0.1) is 5.92 Å². The quantitative estimate of drug-likeness (QED) is 0.571. The molecule has 0 aromatic carbocycles. The standard InChI is InChI=1S/C11H18N2OS/c1-5-14-10-6-11(13-7-12-10)15-9(4)8(2)3/h6-9H,5H2,1-4H3. The Hall–Kier alpha value is -0.770. The molecule has 3 nitrogen and oxygen atoms in total. The zero-order chi connectivity index (χ0) is 11.3. The second-order valence-electron chi connectivity index (χ2n) is 3.69. The molecule has 4 heteroatoms. The van der Waals surface area contributed by atoms with Crippen molar-refractivity contribution in [2.45, 2.75) is 38.0 Å². The molecule has 0 aliphatic carbocycles. The molecular formula is C11H18N2OS. The van der Waals surface area contributed by atoms with Gasteiger partial charge in [-0.15, -0.1) is 11.8 Å². The van der Waals surface area contributed by atoms with E-state index in [1.54, 1.807) is 18.1 Å². The highest BCUT2D eigenvalue weighted by Crippen LogP contribution is 2.27. The molecule has 0 spiro atoms. The van der Waals surface area contributed by atoms with Crippen LogP contribution in [-0.4, -0.2) is 21.8 Å². The molecule has 1 rings (SSSR count). The first-order chi connectivity index (χ1) is 7.13. The van der Waals surface area contributed by atoms with Crippen LogP contribution < -0.4 is 4.74 Å². The number of thioether (sulfide) groups is 1. The molecule has 84 valence electrons. The summed E-state index contributed by atoms with van der Waals surface area (Å²) < 4.78 is 5.32. The molecule has 0 bridgehead atoms. The molecule has 0 saturated heterocycles. The number of rotatable bonds is 5. The van der Waals surface area contributed by atoms with E-state index in [0.29, 0.717) is 23.7 Å². The topological polar surface area (TPSA) is 35.0 Å². The van der Waals surface area contributed by atoms with Crippen LogP contribution in [0.4, 0.5) is 0 Å². The van der Waals surface area contributed by atoms with Crippen molar-refractivity contribution in [2.24, 2.45) is 5.92 Å². The zero-order valence-electron chi connectivity index (χ0n) is 9.73. The van der Waals surface area contributed by atoms with Crippen molar-refractivity contribution in [3.8, 4) is 5.88 Å². The summed E-state index contributed by atoms with van der Waals surface area (Å²) in [5.74, 6) is 1.30. The average Bonchev–Trinajstić information content (AvgIpc) is 2.18. The number of ether oxygens (including phenoxy) is 1. The Labute approximate surface area is 95.7 Å². The van der Waals surface area contributed by atoms with Gasteiger partial charge in [0.25, 0.3) is 0 Å². The predicted octanol–water partition coefficient (Wildman–Crippen LogP) is 3.01. The lowest BCUT2D eigenvalue weighted by Gasteiger charge is -2.14. The summed E-state index contributed by atoms with van der Waals surface area (Å²) in [6, 6.07) is 1.90. The van der Waals surface area contributed by atoms with Crippen molar-refractivity contribution >= 4 is 11.8 Å². The van der Waals surface area contributed by atoms with Gasteiger partial charge < -0.3 is 4.74 Å². The third-order valence-corrected chi connectivity index (χ3v) is 3.54. The van der Waals surface area contributed by atoms with Crippen molar-refractivity contribution in [1.82, 2.24) is 9.97 Å². The van der Waals surface area contributed by atoms with E-state index in [4.69, 9.17) is 4.74 Å². The highest BCUT2D eigenvalue weighted by molar-refractivity contribution is 7.99. The lowest BCUT2D eigenvalue weighted by atomic mass is 10.2. The van der Waals surface area contributed by atoms with E-state index in [1.165, 1.54) is 0 Å². The Kier molecular flexibility index (Phi) is 4.88. The van der Waals surface area contributed by atoms with Gasteiger partial charge in [-0.05, 0) is 12.8 Å². The van der Waals surface area contributed by atoms with Crippen molar-refractivity contribution in [3.63, 3.8) is 0 Å². The molecule has 0 saturated carbocycles. The summed E-state index contributed by atoms with van der Waals surface area (Å²) >= 11 is 1.76. The number of aromatic nitrogens is 2. The fourth-order valence-corrected chi connectivity index (χ4v) is 1.87. The first-order valence-corrected chi connectivity index (χ1v) is 6.13. The van der Waals surface area contributed by atoms with Crippen molar-refractivity contribution in [1.29, 1.82) is 0 Å². The van der Waals surface area contributed by atoms with Gasteiger partial charge in [0.1, 0.15) is 11.4 Å². The third kappa shape index (κ3) is 4.08. The summed E-state index contributed by atoms with van der Waals surface area (Å²) in [5.41, 5.74) is 0. The Bertz CT molecular complexity index is 304. The number of hydrogen-bond acceptors (Lipinski definition) is 4. The summed E-state index contributed by atoms with van der Waals surface area (Å²) in [4.78, 5) is 8.25.